The van der Waals surface area contributed by atoms with Crippen LogP contribution in [0.5, 0.6) is 0 Å². The molecule has 0 aliphatic carbocycles. The number of unbranched alkanes of at least 4 members (excludes halogenated alkanes) is 2. The molecule has 0 heterocycles. The molecular weight excluding hydrogens is 408 g/mol. The molecule has 0 unspecified atom stereocenters. The molecule has 7 nitrogen and oxygen atoms in total. The summed E-state index contributed by atoms with van der Waals surface area (Å²) in [6, 6.07) is 17.7. The van der Waals surface area contributed by atoms with E-state index in [1.54, 1.807) is 0 Å². The molecule has 0 bridgehead atoms. The lowest BCUT2D eigenvalue weighted by Crippen LogP contribution is -1.91. The third-order valence-corrected chi connectivity index (χ3v) is 3.87. The minimum Gasteiger partial charge on any atom is -0.481 e. The van der Waals surface area contributed by atoms with Crippen LogP contribution < -0.4 is 0 Å². The molecule has 0 fully saturated rings. The number of carboxylic acids is 2. The van der Waals surface area contributed by atoms with Gasteiger partial charge in [-0.15, -0.1) is 6.58 Å². The molecule has 2 aromatic rings. The maximum absolute atomic E-state index is 9.76. The molecule has 0 saturated heterocycles. The van der Waals surface area contributed by atoms with Crippen molar-refractivity contribution in [1.29, 1.82) is 0 Å². The number of carbonyl (C=O) groups is 2. The number of hydrogen-bond donors (Lipinski definition) is 2. The van der Waals surface area contributed by atoms with Crippen LogP contribution >= 0.6 is 0 Å². The van der Waals surface area contributed by atoms with E-state index >= 15 is 0 Å². The van der Waals surface area contributed by atoms with Gasteiger partial charge in [0, 0.05) is 12.8 Å². The van der Waals surface area contributed by atoms with E-state index in [4.69, 9.17) is 10.2 Å². The Balaban J connectivity index is 0. The number of carboxylic acid groups (broad SMARTS) is 2. The fraction of sp³-hybridized carbons (Fsp3) is 0.360. The highest BCUT2D eigenvalue weighted by Crippen LogP contribution is 2.22. The molecule has 0 spiro atoms. The summed E-state index contributed by atoms with van der Waals surface area (Å²) in [5, 5.41) is 24.6. The Bertz CT molecular complexity index is 774. The minimum absolute atomic E-state index is 0. The molecular formula is C25H36N2O5. The van der Waals surface area contributed by atoms with E-state index in [0.29, 0.717) is 12.8 Å². The van der Waals surface area contributed by atoms with Gasteiger partial charge in [-0.05, 0) is 43.0 Å². The van der Waals surface area contributed by atoms with E-state index in [2.05, 4.69) is 16.8 Å². The van der Waals surface area contributed by atoms with Crippen molar-refractivity contribution in [1.82, 2.24) is 0 Å². The van der Waals surface area contributed by atoms with Crippen molar-refractivity contribution in [3.8, 4) is 0 Å². The van der Waals surface area contributed by atoms with E-state index < -0.39 is 11.9 Å². The topological polar surface area (TPSA) is 131 Å². The normalized spacial score (nSPS) is 9.44. The number of benzene rings is 2. The van der Waals surface area contributed by atoms with E-state index in [-0.39, 0.29) is 5.48 Å². The van der Waals surface area contributed by atoms with Crippen LogP contribution in [-0.2, 0) is 16.0 Å². The van der Waals surface area contributed by atoms with E-state index in [1.165, 1.54) is 0 Å². The van der Waals surface area contributed by atoms with Crippen LogP contribution in [0.4, 0.5) is 11.4 Å². The quantitative estimate of drug-likeness (QED) is 0.318. The zero-order chi connectivity index (χ0) is 23.3. The largest absolute Gasteiger partial charge is 0.481 e. The van der Waals surface area contributed by atoms with E-state index in [1.807, 2.05) is 74.5 Å². The van der Waals surface area contributed by atoms with Gasteiger partial charge in [0.05, 0.1) is 11.4 Å². The summed E-state index contributed by atoms with van der Waals surface area (Å²) in [7, 11) is 0. The van der Waals surface area contributed by atoms with Gasteiger partial charge >= 0.3 is 11.9 Å². The predicted molar refractivity (Wildman–Crippen MR) is 129 cm³/mol. The highest BCUT2D eigenvalue weighted by Gasteiger charge is 1.97. The summed E-state index contributed by atoms with van der Waals surface area (Å²) in [6.45, 7) is 7.69. The lowest BCUT2D eigenvalue weighted by Gasteiger charge is -2.00. The van der Waals surface area contributed by atoms with Crippen LogP contribution in [0.1, 0.15) is 57.9 Å². The Morgan fingerprint density at radius 1 is 0.844 bits per heavy atom. The zero-order valence-corrected chi connectivity index (χ0v) is 19.0. The van der Waals surface area contributed by atoms with Crippen molar-refractivity contribution < 1.29 is 25.3 Å². The van der Waals surface area contributed by atoms with Crippen LogP contribution in [0.2, 0.25) is 0 Å². The van der Waals surface area contributed by atoms with Gasteiger partial charge in [0.25, 0.3) is 0 Å². The molecule has 32 heavy (non-hydrogen) atoms. The summed E-state index contributed by atoms with van der Waals surface area (Å²) in [6.07, 6.45) is 6.84. The Morgan fingerprint density at radius 3 is 1.78 bits per heavy atom. The second-order valence-corrected chi connectivity index (χ2v) is 6.65. The van der Waals surface area contributed by atoms with Gasteiger partial charge in [-0.3, -0.25) is 9.59 Å². The van der Waals surface area contributed by atoms with Crippen molar-refractivity contribution in [3.63, 3.8) is 0 Å². The van der Waals surface area contributed by atoms with Crippen LogP contribution in [0.25, 0.3) is 0 Å². The zero-order valence-electron chi connectivity index (χ0n) is 19.0. The maximum atomic E-state index is 9.76. The first-order valence-corrected chi connectivity index (χ1v) is 10.5. The average Bonchev–Trinajstić information content (AvgIpc) is 2.77. The standard InChI is InChI=1S/C15H14N2.2C5H10O2.H2O/c1-2-8-13-9-6-7-12-15(13)17-16-14-10-4-3-5-11-14;2*1-2-3-4-5(6)7;/h2-7,9-12H,1,8H2;2*2-4H2,1H3,(H,6,7);1H2. The number of azo groups is 1. The van der Waals surface area contributed by atoms with E-state index in [9.17, 15) is 9.59 Å². The number of aliphatic carboxylic acids is 2. The van der Waals surface area contributed by atoms with Crippen LogP contribution in [0.15, 0.2) is 77.5 Å². The van der Waals surface area contributed by atoms with Gasteiger partial charge in [0.2, 0.25) is 0 Å². The third kappa shape index (κ3) is 17.5. The van der Waals surface area contributed by atoms with Crippen LogP contribution in [0, 0.1) is 0 Å². The molecule has 0 radical (unpaired) electrons. The Kier molecular flexibility index (Phi) is 20.2. The number of allylic oxidation sites excluding steroid dienone is 1. The molecule has 0 aliphatic heterocycles. The molecule has 0 aliphatic rings. The van der Waals surface area contributed by atoms with Gasteiger partial charge in [0.1, 0.15) is 0 Å². The van der Waals surface area contributed by atoms with Crippen LogP contribution in [-0.4, -0.2) is 27.6 Å². The fourth-order valence-electron chi connectivity index (χ4n) is 2.20. The molecule has 176 valence electrons. The Morgan fingerprint density at radius 2 is 1.34 bits per heavy atom. The highest BCUT2D eigenvalue weighted by atomic mass is 16.4. The lowest BCUT2D eigenvalue weighted by atomic mass is 10.1. The number of hydrogen-bond acceptors (Lipinski definition) is 4. The number of rotatable bonds is 10. The maximum Gasteiger partial charge on any atom is 0.303 e. The molecule has 0 aromatic heterocycles. The highest BCUT2D eigenvalue weighted by molar-refractivity contribution is 5.66. The fourth-order valence-corrected chi connectivity index (χ4v) is 2.20. The molecule has 0 saturated carbocycles. The summed E-state index contributed by atoms with van der Waals surface area (Å²) < 4.78 is 0. The molecule has 0 amide bonds. The van der Waals surface area contributed by atoms with Crippen molar-refractivity contribution >= 4 is 23.3 Å². The van der Waals surface area contributed by atoms with Gasteiger partial charge in [0.15, 0.2) is 0 Å². The SMILES string of the molecule is C=CCc1ccccc1N=Nc1ccccc1.CCCCC(=O)O.CCCCC(=O)O.O. The summed E-state index contributed by atoms with van der Waals surface area (Å²) >= 11 is 0. The Labute approximate surface area is 190 Å². The van der Waals surface area contributed by atoms with Crippen molar-refractivity contribution in [2.75, 3.05) is 0 Å². The molecule has 4 N–H and O–H groups in total. The van der Waals surface area contributed by atoms with Gasteiger partial charge in [-0.2, -0.15) is 10.2 Å². The third-order valence-electron chi connectivity index (χ3n) is 3.87. The number of nitrogens with zero attached hydrogens (tertiary/aromatic N) is 2. The molecule has 7 heteroatoms. The summed E-state index contributed by atoms with van der Waals surface area (Å²) in [5.74, 6) is -1.39. The van der Waals surface area contributed by atoms with E-state index in [0.717, 1.165) is 49.0 Å². The first-order valence-electron chi connectivity index (χ1n) is 10.5. The molecule has 2 rings (SSSR count). The monoisotopic (exact) mass is 444 g/mol. The average molecular weight is 445 g/mol. The second kappa shape index (κ2) is 20.9. The minimum atomic E-state index is -0.693. The van der Waals surface area contributed by atoms with Crippen molar-refractivity contribution in [2.24, 2.45) is 10.2 Å². The van der Waals surface area contributed by atoms with Gasteiger partial charge < -0.3 is 15.7 Å². The van der Waals surface area contributed by atoms with Crippen molar-refractivity contribution in [2.45, 2.75) is 58.8 Å². The molecule has 2 aromatic carbocycles. The van der Waals surface area contributed by atoms with Gasteiger partial charge in [-0.25, -0.2) is 0 Å². The first-order chi connectivity index (χ1) is 14.9. The second-order valence-electron chi connectivity index (χ2n) is 6.65. The molecule has 0 atom stereocenters. The predicted octanol–water partition coefficient (Wildman–Crippen LogP) is 6.53. The van der Waals surface area contributed by atoms with Crippen LogP contribution in [0.3, 0.4) is 0 Å². The van der Waals surface area contributed by atoms with Gasteiger partial charge in [-0.1, -0.05) is 69.2 Å². The Hall–Kier alpha value is -3.32. The first kappa shape index (κ1) is 30.9. The summed E-state index contributed by atoms with van der Waals surface area (Å²) in [4.78, 5) is 19.5. The van der Waals surface area contributed by atoms with Crippen molar-refractivity contribution in [3.05, 3.63) is 72.8 Å². The lowest BCUT2D eigenvalue weighted by molar-refractivity contribution is -0.138. The smallest absolute Gasteiger partial charge is 0.303 e. The summed E-state index contributed by atoms with van der Waals surface area (Å²) in [5.41, 5.74) is 2.90.